The molecule has 1 saturated heterocycles. The number of nitrogens with zero attached hydrogens (tertiary/aromatic N) is 2. The number of carbonyl (C=O) groups excluding carboxylic acids is 1. The zero-order valence-corrected chi connectivity index (χ0v) is 15.7. The number of ether oxygens (including phenoxy) is 1. The normalized spacial score (nSPS) is 14.5. The Morgan fingerprint density at radius 3 is 2.57 bits per heavy atom. The average Bonchev–Trinajstić information content (AvgIpc) is 2.73. The molecule has 1 aliphatic heterocycles. The van der Waals surface area contributed by atoms with Crippen molar-refractivity contribution in [1.82, 2.24) is 0 Å². The third-order valence-electron chi connectivity index (χ3n) is 4.62. The second-order valence-corrected chi connectivity index (χ2v) is 6.48. The fourth-order valence-corrected chi connectivity index (χ4v) is 3.01. The topological polar surface area (TPSA) is 65.4 Å². The van der Waals surface area contributed by atoms with Gasteiger partial charge in [-0.15, -0.1) is 0 Å². The Morgan fingerprint density at radius 1 is 1.25 bits per heavy atom. The summed E-state index contributed by atoms with van der Waals surface area (Å²) in [6, 6.07) is 14.0. The molecule has 0 aromatic heterocycles. The summed E-state index contributed by atoms with van der Waals surface area (Å²) < 4.78 is 19.8. The number of benzene rings is 2. The molecule has 0 saturated carbocycles. The summed E-state index contributed by atoms with van der Waals surface area (Å²) in [4.78, 5) is 14.3. The SMILES string of the molecule is CCc1ccc(NC(=O)/C(C#N)=C\c2ccc(N3CCOCC3)c(F)c2)cc1. The van der Waals surface area contributed by atoms with Crippen molar-refractivity contribution in [2.45, 2.75) is 13.3 Å². The van der Waals surface area contributed by atoms with Crippen LogP contribution in [0.3, 0.4) is 0 Å². The van der Waals surface area contributed by atoms with E-state index in [1.54, 1.807) is 24.3 Å². The van der Waals surface area contributed by atoms with Crippen LogP contribution >= 0.6 is 0 Å². The second kappa shape index (κ2) is 9.16. The number of morpholine rings is 1. The van der Waals surface area contributed by atoms with E-state index in [2.05, 4.69) is 5.32 Å². The van der Waals surface area contributed by atoms with E-state index in [9.17, 15) is 14.4 Å². The fraction of sp³-hybridized carbons (Fsp3) is 0.273. The first-order valence-electron chi connectivity index (χ1n) is 9.25. The number of hydrogen-bond acceptors (Lipinski definition) is 4. The Morgan fingerprint density at radius 2 is 1.96 bits per heavy atom. The molecule has 0 radical (unpaired) electrons. The molecule has 1 N–H and O–H groups in total. The zero-order chi connectivity index (χ0) is 19.9. The van der Waals surface area contributed by atoms with Crippen LogP contribution in [0.15, 0.2) is 48.0 Å². The van der Waals surface area contributed by atoms with E-state index >= 15 is 0 Å². The quantitative estimate of drug-likeness (QED) is 0.634. The van der Waals surface area contributed by atoms with Crippen LogP contribution in [0.5, 0.6) is 0 Å². The average molecular weight is 379 g/mol. The van der Waals surface area contributed by atoms with Gasteiger partial charge in [-0.1, -0.05) is 25.1 Å². The van der Waals surface area contributed by atoms with Crippen molar-refractivity contribution in [1.29, 1.82) is 5.26 Å². The molecule has 1 aliphatic rings. The van der Waals surface area contributed by atoms with E-state index in [0.29, 0.717) is 43.2 Å². The molecular weight excluding hydrogens is 357 g/mol. The number of amides is 1. The largest absolute Gasteiger partial charge is 0.378 e. The summed E-state index contributed by atoms with van der Waals surface area (Å²) in [5.41, 5.74) is 2.64. The predicted octanol–water partition coefficient (Wildman–Crippen LogP) is 3.77. The van der Waals surface area contributed by atoms with Crippen LogP contribution < -0.4 is 10.2 Å². The maximum absolute atomic E-state index is 14.5. The molecule has 0 bridgehead atoms. The number of nitrogens with one attached hydrogen (secondary N) is 1. The van der Waals surface area contributed by atoms with Crippen LogP contribution in [0.2, 0.25) is 0 Å². The van der Waals surface area contributed by atoms with Crippen LogP contribution in [0.4, 0.5) is 15.8 Å². The van der Waals surface area contributed by atoms with Gasteiger partial charge in [0.05, 0.1) is 18.9 Å². The van der Waals surface area contributed by atoms with Crippen molar-refractivity contribution < 1.29 is 13.9 Å². The summed E-state index contributed by atoms with van der Waals surface area (Å²) >= 11 is 0. The van der Waals surface area contributed by atoms with Crippen molar-refractivity contribution in [2.75, 3.05) is 36.5 Å². The van der Waals surface area contributed by atoms with Crippen molar-refractivity contribution >= 4 is 23.4 Å². The molecule has 5 nitrogen and oxygen atoms in total. The number of hydrogen-bond donors (Lipinski definition) is 1. The lowest BCUT2D eigenvalue weighted by atomic mass is 10.1. The predicted molar refractivity (Wildman–Crippen MR) is 107 cm³/mol. The lowest BCUT2D eigenvalue weighted by molar-refractivity contribution is -0.112. The fourth-order valence-electron chi connectivity index (χ4n) is 3.01. The molecule has 144 valence electrons. The molecule has 0 spiro atoms. The molecule has 1 heterocycles. The van der Waals surface area contributed by atoms with Gasteiger partial charge in [0.25, 0.3) is 5.91 Å². The lowest BCUT2D eigenvalue weighted by Crippen LogP contribution is -2.36. The molecule has 1 fully saturated rings. The maximum Gasteiger partial charge on any atom is 0.266 e. The van der Waals surface area contributed by atoms with Crippen LogP contribution in [0.1, 0.15) is 18.1 Å². The van der Waals surface area contributed by atoms with Gasteiger partial charge in [0.1, 0.15) is 17.5 Å². The van der Waals surface area contributed by atoms with Crippen molar-refractivity contribution in [3.63, 3.8) is 0 Å². The molecule has 0 atom stereocenters. The molecule has 0 aliphatic carbocycles. The smallest absolute Gasteiger partial charge is 0.266 e. The number of aryl methyl sites for hydroxylation is 1. The summed E-state index contributed by atoms with van der Waals surface area (Å²) in [5, 5.41) is 12.0. The molecule has 28 heavy (non-hydrogen) atoms. The first kappa shape index (κ1) is 19.6. The van der Waals surface area contributed by atoms with Gasteiger partial charge in [-0.3, -0.25) is 4.79 Å². The maximum atomic E-state index is 14.5. The minimum atomic E-state index is -0.524. The summed E-state index contributed by atoms with van der Waals surface area (Å²) in [5.74, 6) is -0.909. The van der Waals surface area contributed by atoms with Gasteiger partial charge in [0.2, 0.25) is 0 Å². The standard InChI is InChI=1S/C22H22FN3O2/c1-2-16-3-6-19(7-4-16)25-22(27)18(15-24)13-17-5-8-21(20(23)14-17)26-9-11-28-12-10-26/h3-8,13-14H,2,9-12H2,1H3,(H,25,27)/b18-13-. The van der Waals surface area contributed by atoms with Gasteiger partial charge >= 0.3 is 0 Å². The van der Waals surface area contributed by atoms with Crippen molar-refractivity contribution in [3.8, 4) is 6.07 Å². The summed E-state index contributed by atoms with van der Waals surface area (Å²) in [7, 11) is 0. The zero-order valence-electron chi connectivity index (χ0n) is 15.7. The van der Waals surface area contributed by atoms with E-state index < -0.39 is 5.91 Å². The van der Waals surface area contributed by atoms with Crippen molar-refractivity contribution in [3.05, 3.63) is 65.0 Å². The van der Waals surface area contributed by atoms with Crippen LogP contribution in [-0.4, -0.2) is 32.2 Å². The Balaban J connectivity index is 1.74. The van der Waals surface area contributed by atoms with Crippen molar-refractivity contribution in [2.24, 2.45) is 0 Å². The minimum absolute atomic E-state index is 0.0851. The van der Waals surface area contributed by atoms with Gasteiger partial charge in [-0.2, -0.15) is 5.26 Å². The summed E-state index contributed by atoms with van der Waals surface area (Å²) in [6.45, 7) is 4.45. The third-order valence-corrected chi connectivity index (χ3v) is 4.62. The van der Waals surface area contributed by atoms with E-state index in [0.717, 1.165) is 12.0 Å². The Kier molecular flexibility index (Phi) is 6.41. The van der Waals surface area contributed by atoms with Crippen LogP contribution in [-0.2, 0) is 16.0 Å². The van der Waals surface area contributed by atoms with Gasteiger partial charge in [-0.25, -0.2) is 4.39 Å². The van der Waals surface area contributed by atoms with Gasteiger partial charge in [0.15, 0.2) is 0 Å². The number of halogens is 1. The lowest BCUT2D eigenvalue weighted by Gasteiger charge is -2.29. The molecule has 2 aromatic carbocycles. The minimum Gasteiger partial charge on any atom is -0.378 e. The van der Waals surface area contributed by atoms with E-state index in [1.165, 1.54) is 12.1 Å². The molecular formula is C22H22FN3O2. The highest BCUT2D eigenvalue weighted by molar-refractivity contribution is 6.09. The number of rotatable bonds is 5. The number of anilines is 2. The Bertz CT molecular complexity index is 910. The molecule has 1 amide bonds. The number of carbonyl (C=O) groups is 1. The highest BCUT2D eigenvalue weighted by atomic mass is 19.1. The summed E-state index contributed by atoms with van der Waals surface area (Å²) in [6.07, 6.45) is 2.30. The monoisotopic (exact) mass is 379 g/mol. The van der Waals surface area contributed by atoms with E-state index in [-0.39, 0.29) is 11.4 Å². The Hall–Kier alpha value is -3.17. The van der Waals surface area contributed by atoms with Gasteiger partial charge < -0.3 is 15.0 Å². The first-order valence-corrected chi connectivity index (χ1v) is 9.25. The van der Waals surface area contributed by atoms with Gasteiger partial charge in [-0.05, 0) is 47.9 Å². The van der Waals surface area contributed by atoms with Crippen LogP contribution in [0, 0.1) is 17.1 Å². The third kappa shape index (κ3) is 4.76. The number of nitriles is 1. The molecule has 6 heteroatoms. The highest BCUT2D eigenvalue weighted by Crippen LogP contribution is 2.23. The van der Waals surface area contributed by atoms with Crippen LogP contribution in [0.25, 0.3) is 6.08 Å². The van der Waals surface area contributed by atoms with Gasteiger partial charge in [0, 0.05) is 18.8 Å². The molecule has 2 aromatic rings. The Labute approximate surface area is 164 Å². The van der Waals surface area contributed by atoms with E-state index in [4.69, 9.17) is 4.74 Å². The van der Waals surface area contributed by atoms with E-state index in [1.807, 2.05) is 30.0 Å². The second-order valence-electron chi connectivity index (χ2n) is 6.48. The highest BCUT2D eigenvalue weighted by Gasteiger charge is 2.16. The molecule has 3 rings (SSSR count). The molecule has 0 unspecified atom stereocenters. The first-order chi connectivity index (χ1) is 13.6.